The zero-order chi connectivity index (χ0) is 26.7. The van der Waals surface area contributed by atoms with Crippen LogP contribution in [0.5, 0.6) is 0 Å². The summed E-state index contributed by atoms with van der Waals surface area (Å²) in [5.41, 5.74) is 7.66. The lowest BCUT2D eigenvalue weighted by Gasteiger charge is -2.39. The van der Waals surface area contributed by atoms with Gasteiger partial charge in [-0.1, -0.05) is 5.16 Å². The van der Waals surface area contributed by atoms with E-state index in [0.717, 1.165) is 67.1 Å². The molecule has 0 saturated carbocycles. The summed E-state index contributed by atoms with van der Waals surface area (Å²) < 4.78 is 47.8. The van der Waals surface area contributed by atoms with E-state index in [9.17, 15) is 18.4 Å². The summed E-state index contributed by atoms with van der Waals surface area (Å²) in [5, 5.41) is 18.2. The molecule has 200 valence electrons. The maximum Gasteiger partial charge on any atom is 0.433 e. The molecular formula is C26H28F3N7OS. The first-order valence-electron chi connectivity index (χ1n) is 13.0. The lowest BCUT2D eigenvalue weighted by atomic mass is 9.62. The van der Waals surface area contributed by atoms with Gasteiger partial charge >= 0.3 is 6.18 Å². The Morgan fingerprint density at radius 2 is 2.03 bits per heavy atom. The molecule has 0 aromatic carbocycles. The first kappa shape index (κ1) is 25.1. The van der Waals surface area contributed by atoms with E-state index in [-0.39, 0.29) is 23.4 Å². The van der Waals surface area contributed by atoms with Crippen LogP contribution in [-0.2, 0) is 24.4 Å². The number of aromatic nitrogens is 3. The van der Waals surface area contributed by atoms with Crippen LogP contribution in [0.4, 0.5) is 24.1 Å². The van der Waals surface area contributed by atoms with E-state index >= 15 is 0 Å². The number of nitriles is 1. The highest BCUT2D eigenvalue weighted by Crippen LogP contribution is 2.54. The Morgan fingerprint density at radius 3 is 2.79 bits per heavy atom. The Morgan fingerprint density at radius 1 is 1.24 bits per heavy atom. The van der Waals surface area contributed by atoms with Crippen LogP contribution in [0.15, 0.2) is 10.6 Å². The monoisotopic (exact) mass is 543 g/mol. The number of halogens is 3. The molecule has 2 aliphatic carbocycles. The number of rotatable bonds is 2. The number of nitrogens with two attached hydrogens (primary N) is 1. The number of fused-ring (bicyclic) bond motifs is 4. The quantitative estimate of drug-likeness (QED) is 0.473. The molecule has 3 aromatic heterocycles. The molecule has 0 amide bonds. The highest BCUT2D eigenvalue weighted by molar-refractivity contribution is 7.16. The summed E-state index contributed by atoms with van der Waals surface area (Å²) in [7, 11) is 0. The fraction of sp³-hybridized carbons (Fsp3) is 0.538. The van der Waals surface area contributed by atoms with Crippen LogP contribution in [0.25, 0.3) is 11.5 Å². The van der Waals surface area contributed by atoms with Gasteiger partial charge in [-0.2, -0.15) is 18.4 Å². The number of alkyl halides is 3. The highest BCUT2D eigenvalue weighted by Gasteiger charge is 2.48. The number of hydrogen-bond acceptors (Lipinski definition) is 9. The van der Waals surface area contributed by atoms with Gasteiger partial charge in [0.2, 0.25) is 5.95 Å². The molecule has 2 atom stereocenters. The molecule has 3 aliphatic rings. The maximum absolute atomic E-state index is 14.0. The van der Waals surface area contributed by atoms with E-state index < -0.39 is 17.3 Å². The highest BCUT2D eigenvalue weighted by atomic mass is 32.1. The smallest absolute Gasteiger partial charge is 0.389 e. The maximum atomic E-state index is 14.0. The van der Waals surface area contributed by atoms with Gasteiger partial charge in [-0.25, -0.2) is 9.97 Å². The van der Waals surface area contributed by atoms with Crippen molar-refractivity contribution < 1.29 is 17.7 Å². The van der Waals surface area contributed by atoms with Crippen molar-refractivity contribution in [2.24, 2.45) is 0 Å². The molecule has 8 nitrogen and oxygen atoms in total. The molecule has 0 radical (unpaired) electrons. The van der Waals surface area contributed by atoms with Gasteiger partial charge in [0.25, 0.3) is 0 Å². The van der Waals surface area contributed by atoms with Crippen LogP contribution in [0.1, 0.15) is 72.0 Å². The Hall–Kier alpha value is -3.17. The number of nitrogens with zero attached hydrogens (tertiary/aromatic N) is 5. The van der Waals surface area contributed by atoms with Crippen molar-refractivity contribution in [1.82, 2.24) is 20.4 Å². The second kappa shape index (κ2) is 9.24. The van der Waals surface area contributed by atoms with Gasteiger partial charge in [0.05, 0.1) is 11.3 Å². The van der Waals surface area contributed by atoms with Crippen molar-refractivity contribution in [2.75, 3.05) is 30.3 Å². The molecule has 12 heteroatoms. The predicted octanol–water partition coefficient (Wildman–Crippen LogP) is 4.81. The fourth-order valence-electron chi connectivity index (χ4n) is 6.39. The largest absolute Gasteiger partial charge is 0.433 e. The Labute approximate surface area is 222 Å². The van der Waals surface area contributed by atoms with Crippen molar-refractivity contribution in [2.45, 2.75) is 69.5 Å². The summed E-state index contributed by atoms with van der Waals surface area (Å²) in [6, 6.07) is 3.18. The molecular weight excluding hydrogens is 515 g/mol. The minimum atomic E-state index is -4.64. The Bertz CT molecular complexity index is 1420. The molecule has 4 heterocycles. The van der Waals surface area contributed by atoms with Gasteiger partial charge < -0.3 is 20.5 Å². The van der Waals surface area contributed by atoms with E-state index in [2.05, 4.69) is 26.5 Å². The first-order valence-corrected chi connectivity index (χ1v) is 13.8. The molecule has 3 N–H and O–H groups in total. The lowest BCUT2D eigenvalue weighted by molar-refractivity contribution is -0.141. The van der Waals surface area contributed by atoms with Crippen LogP contribution < -0.4 is 16.0 Å². The van der Waals surface area contributed by atoms with Crippen molar-refractivity contribution in [3.05, 3.63) is 39.0 Å². The average molecular weight is 544 g/mol. The van der Waals surface area contributed by atoms with Gasteiger partial charge in [-0.05, 0) is 70.0 Å². The number of aryl methyl sites for hydroxylation is 1. The van der Waals surface area contributed by atoms with Crippen molar-refractivity contribution >= 4 is 22.3 Å². The molecule has 1 aliphatic heterocycles. The van der Waals surface area contributed by atoms with E-state index in [1.54, 1.807) is 0 Å². The average Bonchev–Trinajstić information content (AvgIpc) is 3.40. The number of anilines is 2. The van der Waals surface area contributed by atoms with Crippen LogP contribution in [0, 0.1) is 11.3 Å². The normalized spacial score (nSPS) is 23.6. The van der Waals surface area contributed by atoms with Crippen molar-refractivity contribution in [3.8, 4) is 17.5 Å². The Kier molecular flexibility index (Phi) is 6.11. The van der Waals surface area contributed by atoms with Crippen LogP contribution in [0.3, 0.4) is 0 Å². The zero-order valence-corrected chi connectivity index (χ0v) is 21.8. The predicted molar refractivity (Wildman–Crippen MR) is 137 cm³/mol. The van der Waals surface area contributed by atoms with Crippen LogP contribution in [0.2, 0.25) is 0 Å². The minimum Gasteiger partial charge on any atom is -0.389 e. The molecule has 1 fully saturated rings. The second-order valence-electron chi connectivity index (χ2n) is 10.4. The standard InChI is InChI=1S/C26H28F3N7OS/c1-14-13-32-9-4-10-36(14)24-33-17(11-19(34-24)26(27,28)29)21-15-5-2-7-25(22(15)35-37-21)8-3-6-18-20(25)16(12-30)23(31)38-18/h11,14,32H,2-10,13,31H2,1H3/t14-,25-/m0/s1. The van der Waals surface area contributed by atoms with Crippen LogP contribution >= 0.6 is 11.3 Å². The summed E-state index contributed by atoms with van der Waals surface area (Å²) in [4.78, 5) is 11.5. The topological polar surface area (TPSA) is 117 Å². The van der Waals surface area contributed by atoms with Gasteiger partial charge in [0, 0.05) is 35.0 Å². The summed E-state index contributed by atoms with van der Waals surface area (Å²) in [6.07, 6.45) is 0.854. The number of nitrogens with one attached hydrogen (secondary N) is 1. The molecule has 0 unspecified atom stereocenters. The molecule has 3 aromatic rings. The third-order valence-corrected chi connectivity index (χ3v) is 9.18. The lowest BCUT2D eigenvalue weighted by Crippen LogP contribution is -2.38. The molecule has 38 heavy (non-hydrogen) atoms. The second-order valence-corrected chi connectivity index (χ2v) is 11.6. The molecule has 1 spiro atoms. The fourth-order valence-corrected chi connectivity index (χ4v) is 7.56. The minimum absolute atomic E-state index is 0.0408. The van der Waals surface area contributed by atoms with Gasteiger partial charge in [0.15, 0.2) is 11.5 Å². The van der Waals surface area contributed by atoms with Gasteiger partial charge in [-0.15, -0.1) is 11.3 Å². The van der Waals surface area contributed by atoms with E-state index in [4.69, 9.17) is 10.3 Å². The third-order valence-electron chi connectivity index (χ3n) is 8.10. The zero-order valence-electron chi connectivity index (χ0n) is 21.0. The molecule has 6 rings (SSSR count). The Balaban J connectivity index is 1.50. The van der Waals surface area contributed by atoms with Gasteiger partial charge in [0.1, 0.15) is 16.8 Å². The number of hydrogen-bond donors (Lipinski definition) is 2. The first-order chi connectivity index (χ1) is 18.2. The van der Waals surface area contributed by atoms with E-state index in [1.807, 2.05) is 11.8 Å². The van der Waals surface area contributed by atoms with Crippen molar-refractivity contribution in [3.63, 3.8) is 0 Å². The summed E-state index contributed by atoms with van der Waals surface area (Å²) >= 11 is 1.45. The van der Waals surface area contributed by atoms with Crippen molar-refractivity contribution in [1.29, 1.82) is 5.26 Å². The number of thiophene rings is 1. The van der Waals surface area contributed by atoms with E-state index in [0.29, 0.717) is 35.8 Å². The van der Waals surface area contributed by atoms with Gasteiger partial charge in [-0.3, -0.25) is 0 Å². The van der Waals surface area contributed by atoms with Crippen LogP contribution in [-0.4, -0.2) is 40.8 Å². The summed E-state index contributed by atoms with van der Waals surface area (Å²) in [6.45, 7) is 3.90. The third kappa shape index (κ3) is 3.94. The molecule has 1 saturated heterocycles. The molecule has 0 bridgehead atoms. The number of nitrogen functional groups attached to an aromatic ring is 1. The SMILES string of the molecule is C[C@H]1CNCCCN1c1nc(-c2onc3c2CCC[C@@]32CCCc3sc(N)c(C#N)c32)cc(C(F)(F)F)n1. The van der Waals surface area contributed by atoms with E-state index in [1.165, 1.54) is 11.3 Å². The summed E-state index contributed by atoms with van der Waals surface area (Å²) in [5.74, 6) is 0.293.